The molecule has 1 aromatic heterocycles. The molecule has 1 aliphatic carbocycles. The van der Waals surface area contributed by atoms with Crippen molar-refractivity contribution in [2.75, 3.05) is 31.2 Å². The van der Waals surface area contributed by atoms with Crippen LogP contribution >= 0.6 is 24.8 Å². The Morgan fingerprint density at radius 1 is 1.14 bits per heavy atom. The quantitative estimate of drug-likeness (QED) is 0.907. The summed E-state index contributed by atoms with van der Waals surface area (Å²) < 4.78 is 11.5. The molecule has 1 saturated heterocycles. The zero-order chi connectivity index (χ0) is 13.8. The Hall–Kier alpha value is -0.750. The first-order valence-electron chi connectivity index (χ1n) is 7.52. The molecule has 126 valence electrons. The molecule has 1 aromatic rings. The number of ether oxygens (including phenoxy) is 2. The average Bonchev–Trinajstić information content (AvgIpc) is 2.51. The van der Waals surface area contributed by atoms with Gasteiger partial charge in [0.1, 0.15) is 11.6 Å². The fraction of sp³-hybridized carbons (Fsp3) is 0.667. The highest BCUT2D eigenvalue weighted by Gasteiger charge is 2.20. The maximum absolute atomic E-state index is 6.08. The number of hydrogen-bond donors (Lipinski definition) is 1. The van der Waals surface area contributed by atoms with Gasteiger partial charge in [0.2, 0.25) is 0 Å². The van der Waals surface area contributed by atoms with Crippen molar-refractivity contribution in [3.05, 3.63) is 18.3 Å². The molecule has 0 spiro atoms. The first kappa shape index (κ1) is 19.3. The Morgan fingerprint density at radius 3 is 2.50 bits per heavy atom. The van der Waals surface area contributed by atoms with E-state index in [0.29, 0.717) is 12.1 Å². The van der Waals surface area contributed by atoms with Crippen LogP contribution in [0.15, 0.2) is 18.3 Å². The summed E-state index contributed by atoms with van der Waals surface area (Å²) in [5.41, 5.74) is 5.93. The van der Waals surface area contributed by atoms with E-state index in [0.717, 1.165) is 63.6 Å². The van der Waals surface area contributed by atoms with Gasteiger partial charge in [-0.1, -0.05) is 0 Å². The van der Waals surface area contributed by atoms with E-state index in [1.54, 1.807) is 0 Å². The van der Waals surface area contributed by atoms with Crippen LogP contribution in [0, 0.1) is 0 Å². The highest BCUT2D eigenvalue weighted by molar-refractivity contribution is 5.85. The number of halogens is 2. The summed E-state index contributed by atoms with van der Waals surface area (Å²) >= 11 is 0. The number of anilines is 1. The number of hydrogen-bond acceptors (Lipinski definition) is 5. The molecule has 0 amide bonds. The Labute approximate surface area is 144 Å². The van der Waals surface area contributed by atoms with E-state index in [4.69, 9.17) is 15.2 Å². The Morgan fingerprint density at radius 2 is 1.82 bits per heavy atom. The second-order valence-electron chi connectivity index (χ2n) is 5.60. The van der Waals surface area contributed by atoms with Gasteiger partial charge in [-0.3, -0.25) is 0 Å². The summed E-state index contributed by atoms with van der Waals surface area (Å²) in [7, 11) is 0. The summed E-state index contributed by atoms with van der Waals surface area (Å²) in [6.45, 7) is 3.34. The molecule has 2 heterocycles. The fourth-order valence-corrected chi connectivity index (χ4v) is 2.84. The zero-order valence-electron chi connectivity index (χ0n) is 12.6. The van der Waals surface area contributed by atoms with E-state index in [1.807, 2.05) is 18.3 Å². The van der Waals surface area contributed by atoms with Gasteiger partial charge in [0.25, 0.3) is 0 Å². The first-order valence-corrected chi connectivity index (χ1v) is 7.52. The highest BCUT2D eigenvalue weighted by Crippen LogP contribution is 2.25. The standard InChI is InChI=1S/C15H23N3O2.2ClH/c16-12-1-3-13(4-2-12)20-14-5-6-17-15(11-14)18-7-9-19-10-8-18;;/h5-6,11-13H,1-4,7-10,16H2;2*1H/t12-,13-;;. The maximum atomic E-state index is 6.08. The molecule has 0 atom stereocenters. The molecule has 2 N–H and O–H groups in total. The van der Waals surface area contributed by atoms with Crippen LogP contribution in [0.5, 0.6) is 5.75 Å². The van der Waals surface area contributed by atoms with Crippen LogP contribution in [-0.4, -0.2) is 43.4 Å². The lowest BCUT2D eigenvalue weighted by Gasteiger charge is -2.29. The van der Waals surface area contributed by atoms with E-state index in [2.05, 4.69) is 9.88 Å². The molecule has 5 nitrogen and oxygen atoms in total. The molecule has 0 radical (unpaired) electrons. The second-order valence-corrected chi connectivity index (χ2v) is 5.60. The number of rotatable bonds is 3. The smallest absolute Gasteiger partial charge is 0.132 e. The normalized spacial score (nSPS) is 24.9. The molecule has 2 aliphatic rings. The van der Waals surface area contributed by atoms with Gasteiger partial charge < -0.3 is 20.1 Å². The van der Waals surface area contributed by atoms with Crippen molar-refractivity contribution in [1.82, 2.24) is 4.98 Å². The molecule has 3 rings (SSSR count). The lowest BCUT2D eigenvalue weighted by atomic mass is 9.94. The predicted octanol–water partition coefficient (Wildman–Crippen LogP) is 2.41. The number of nitrogens with zero attached hydrogens (tertiary/aromatic N) is 2. The lowest BCUT2D eigenvalue weighted by molar-refractivity contribution is 0.122. The second kappa shape index (κ2) is 9.40. The molecule has 0 bridgehead atoms. The van der Waals surface area contributed by atoms with E-state index < -0.39 is 0 Å². The van der Waals surface area contributed by atoms with Crippen LogP contribution in [0.1, 0.15) is 25.7 Å². The topological polar surface area (TPSA) is 60.6 Å². The van der Waals surface area contributed by atoms with Crippen LogP contribution in [0.25, 0.3) is 0 Å². The third kappa shape index (κ3) is 5.16. The molecular formula is C15H25Cl2N3O2. The molecule has 0 unspecified atom stereocenters. The van der Waals surface area contributed by atoms with Crippen molar-refractivity contribution in [3.8, 4) is 5.75 Å². The zero-order valence-corrected chi connectivity index (χ0v) is 14.3. The van der Waals surface area contributed by atoms with E-state index >= 15 is 0 Å². The van der Waals surface area contributed by atoms with Crippen LogP contribution in [0.4, 0.5) is 5.82 Å². The van der Waals surface area contributed by atoms with Crippen LogP contribution in [0.2, 0.25) is 0 Å². The van der Waals surface area contributed by atoms with Gasteiger partial charge in [-0.15, -0.1) is 24.8 Å². The summed E-state index contributed by atoms with van der Waals surface area (Å²) in [4.78, 5) is 6.68. The number of nitrogens with two attached hydrogens (primary N) is 1. The molecule has 22 heavy (non-hydrogen) atoms. The van der Waals surface area contributed by atoms with Gasteiger partial charge in [-0.2, -0.15) is 0 Å². The average molecular weight is 350 g/mol. The fourth-order valence-electron chi connectivity index (χ4n) is 2.84. The Kier molecular flexibility index (Phi) is 8.25. The molecule has 0 aromatic carbocycles. The van der Waals surface area contributed by atoms with Crippen molar-refractivity contribution in [3.63, 3.8) is 0 Å². The number of morpholine rings is 1. The minimum absolute atomic E-state index is 0. The van der Waals surface area contributed by atoms with Gasteiger partial charge in [-0.05, 0) is 31.7 Å². The first-order chi connectivity index (χ1) is 9.81. The van der Waals surface area contributed by atoms with Crippen molar-refractivity contribution < 1.29 is 9.47 Å². The summed E-state index contributed by atoms with van der Waals surface area (Å²) in [6, 6.07) is 4.34. The van der Waals surface area contributed by atoms with Gasteiger partial charge in [0.05, 0.1) is 19.3 Å². The molecular weight excluding hydrogens is 325 g/mol. The summed E-state index contributed by atoms with van der Waals surface area (Å²) in [6.07, 6.45) is 6.36. The largest absolute Gasteiger partial charge is 0.490 e. The van der Waals surface area contributed by atoms with Gasteiger partial charge in [-0.25, -0.2) is 4.98 Å². The minimum Gasteiger partial charge on any atom is -0.490 e. The third-order valence-corrected chi connectivity index (χ3v) is 4.07. The third-order valence-electron chi connectivity index (χ3n) is 4.07. The van der Waals surface area contributed by atoms with Crippen LogP contribution in [-0.2, 0) is 4.74 Å². The maximum Gasteiger partial charge on any atom is 0.132 e. The predicted molar refractivity (Wildman–Crippen MR) is 92.6 cm³/mol. The van der Waals surface area contributed by atoms with Crippen molar-refractivity contribution in [2.24, 2.45) is 5.73 Å². The van der Waals surface area contributed by atoms with Crippen molar-refractivity contribution in [2.45, 2.75) is 37.8 Å². The number of pyridine rings is 1. The van der Waals surface area contributed by atoms with E-state index in [-0.39, 0.29) is 24.8 Å². The molecule has 7 heteroatoms. The number of aromatic nitrogens is 1. The molecule has 2 fully saturated rings. The SMILES string of the molecule is Cl.Cl.N[C@H]1CC[C@H](Oc2ccnc(N3CCOCC3)c2)CC1. The Bertz CT molecular complexity index is 437. The van der Waals surface area contributed by atoms with Crippen molar-refractivity contribution >= 4 is 30.6 Å². The van der Waals surface area contributed by atoms with Gasteiger partial charge in [0, 0.05) is 31.4 Å². The minimum atomic E-state index is 0. The lowest BCUT2D eigenvalue weighted by Crippen LogP contribution is -2.36. The monoisotopic (exact) mass is 349 g/mol. The molecule has 1 saturated carbocycles. The Balaban J connectivity index is 0.00000121. The van der Waals surface area contributed by atoms with E-state index in [1.165, 1.54) is 0 Å². The van der Waals surface area contributed by atoms with E-state index in [9.17, 15) is 0 Å². The molecule has 1 aliphatic heterocycles. The highest BCUT2D eigenvalue weighted by atomic mass is 35.5. The van der Waals surface area contributed by atoms with Crippen molar-refractivity contribution in [1.29, 1.82) is 0 Å². The van der Waals surface area contributed by atoms with Crippen LogP contribution in [0.3, 0.4) is 0 Å². The summed E-state index contributed by atoms with van der Waals surface area (Å²) in [5, 5.41) is 0. The van der Waals surface area contributed by atoms with Crippen LogP contribution < -0.4 is 15.4 Å². The van der Waals surface area contributed by atoms with Gasteiger partial charge in [0.15, 0.2) is 0 Å². The summed E-state index contributed by atoms with van der Waals surface area (Å²) in [5.74, 6) is 1.90. The van der Waals surface area contributed by atoms with Gasteiger partial charge >= 0.3 is 0 Å².